The maximum Gasteiger partial charge on any atom is 0.0612 e. The molecule has 0 unspecified atom stereocenters. The maximum absolute atomic E-state index is 3.91. The van der Waals surface area contributed by atoms with E-state index in [0.29, 0.717) is 0 Å². The quantitative estimate of drug-likeness (QED) is 0.502. The van der Waals surface area contributed by atoms with Crippen LogP contribution in [-0.2, 0) is 0 Å². The highest BCUT2D eigenvalue weighted by Crippen LogP contribution is 2.18. The lowest BCUT2D eigenvalue weighted by molar-refractivity contribution is 0.767. The highest BCUT2D eigenvalue weighted by molar-refractivity contribution is 5.39. The Morgan fingerprint density at radius 3 is 3.44 bits per heavy atom. The Labute approximate surface area is 53.9 Å². The third kappa shape index (κ3) is 0.633. The van der Waals surface area contributed by atoms with E-state index in [-0.39, 0.29) is 0 Å². The summed E-state index contributed by atoms with van der Waals surface area (Å²) in [6, 6.07) is 0. The summed E-state index contributed by atoms with van der Waals surface area (Å²) < 4.78 is 0. The van der Waals surface area contributed by atoms with Gasteiger partial charge < -0.3 is 0 Å². The molecule has 0 aromatic carbocycles. The van der Waals surface area contributed by atoms with Crippen LogP contribution >= 0.6 is 0 Å². The molecule has 2 rings (SSSR count). The topological polar surface area (TPSA) is 26.1 Å². The number of nitrogens with zero attached hydrogens (tertiary/aromatic N) is 1. The van der Waals surface area contributed by atoms with E-state index in [1.165, 1.54) is 5.57 Å². The van der Waals surface area contributed by atoms with Crippen LogP contribution in [0.3, 0.4) is 0 Å². The molecule has 2 aliphatic rings. The number of hydrogen-bond acceptors (Lipinski definition) is 1. The standard InChI is InChI=1S/C7H7N2/c1-2-4-7-6(3-1)5-8-9-7/h1-2,4-5,9H,3H2. The summed E-state index contributed by atoms with van der Waals surface area (Å²) in [6.45, 7) is 0. The lowest BCUT2D eigenvalue weighted by atomic mass is 10.1. The van der Waals surface area contributed by atoms with Gasteiger partial charge in [-0.1, -0.05) is 12.2 Å². The number of allylic oxidation sites excluding steroid dienone is 4. The first-order valence-electron chi connectivity index (χ1n) is 2.99. The van der Waals surface area contributed by atoms with Gasteiger partial charge in [-0.25, -0.2) is 0 Å². The minimum absolute atomic E-state index is 1.02. The predicted octanol–water partition coefficient (Wildman–Crippen LogP) is 0.837. The third-order valence-electron chi connectivity index (χ3n) is 1.49. The number of fused-ring (bicyclic) bond motifs is 1. The van der Waals surface area contributed by atoms with E-state index in [1.807, 2.05) is 18.4 Å². The van der Waals surface area contributed by atoms with Crippen molar-refractivity contribution in [1.29, 1.82) is 0 Å². The Hall–Kier alpha value is -1.18. The monoisotopic (exact) mass is 119 g/mol. The Bertz CT molecular complexity index is 211. The minimum Gasteiger partial charge on any atom is -0.278 e. The van der Waals surface area contributed by atoms with Gasteiger partial charge in [0.2, 0.25) is 0 Å². The van der Waals surface area contributed by atoms with Crippen LogP contribution in [0.25, 0.3) is 0 Å². The predicted molar refractivity (Wildman–Crippen MR) is 35.2 cm³/mol. The van der Waals surface area contributed by atoms with Crippen LogP contribution in [0.2, 0.25) is 0 Å². The summed E-state index contributed by atoms with van der Waals surface area (Å²) in [5.41, 5.74) is 9.25. The van der Waals surface area contributed by atoms with Crippen LogP contribution in [0.5, 0.6) is 0 Å². The fourth-order valence-corrected chi connectivity index (χ4v) is 0.987. The second-order valence-corrected chi connectivity index (χ2v) is 2.11. The average Bonchev–Trinajstić information content (AvgIpc) is 2.33. The molecule has 0 atom stereocenters. The van der Waals surface area contributed by atoms with E-state index in [0.717, 1.165) is 12.1 Å². The third-order valence-corrected chi connectivity index (χ3v) is 1.49. The van der Waals surface area contributed by atoms with Gasteiger partial charge in [0.1, 0.15) is 0 Å². The van der Waals surface area contributed by atoms with Gasteiger partial charge in [-0.3, -0.25) is 5.43 Å². The number of rotatable bonds is 0. The minimum atomic E-state index is 1.02. The van der Waals surface area contributed by atoms with Gasteiger partial charge in [-0.15, -0.1) is 0 Å². The van der Waals surface area contributed by atoms with Crippen molar-refractivity contribution in [2.24, 2.45) is 0 Å². The van der Waals surface area contributed by atoms with Crippen molar-refractivity contribution >= 4 is 0 Å². The zero-order valence-electron chi connectivity index (χ0n) is 4.96. The van der Waals surface area contributed by atoms with E-state index in [9.17, 15) is 0 Å². The van der Waals surface area contributed by atoms with Crippen LogP contribution in [0.4, 0.5) is 0 Å². The van der Waals surface area contributed by atoms with Gasteiger partial charge in [-0.05, 0) is 12.5 Å². The van der Waals surface area contributed by atoms with E-state index >= 15 is 0 Å². The van der Waals surface area contributed by atoms with E-state index in [4.69, 9.17) is 0 Å². The molecule has 0 amide bonds. The summed E-state index contributed by atoms with van der Waals surface area (Å²) in [7, 11) is 0. The molecular weight excluding hydrogens is 112 g/mol. The highest BCUT2D eigenvalue weighted by atomic mass is 15.4. The fourth-order valence-electron chi connectivity index (χ4n) is 0.987. The van der Waals surface area contributed by atoms with Crippen molar-refractivity contribution in [3.63, 3.8) is 0 Å². The summed E-state index contributed by atoms with van der Waals surface area (Å²) in [6.07, 6.45) is 9.09. The SMILES string of the molecule is C1=CCC2=C[N]NC2=C1. The molecule has 1 aliphatic heterocycles. The summed E-state index contributed by atoms with van der Waals surface area (Å²) in [5, 5.41) is 0. The Kier molecular flexibility index (Phi) is 0.859. The Balaban J connectivity index is 2.37. The first-order valence-corrected chi connectivity index (χ1v) is 2.99. The zero-order chi connectivity index (χ0) is 6.10. The maximum atomic E-state index is 3.91. The smallest absolute Gasteiger partial charge is 0.0612 e. The molecule has 2 nitrogen and oxygen atoms in total. The largest absolute Gasteiger partial charge is 0.278 e. The molecule has 2 heteroatoms. The molecule has 0 saturated carbocycles. The molecule has 45 valence electrons. The lowest BCUT2D eigenvalue weighted by Gasteiger charge is -2.03. The molecular formula is C7H7N2. The molecule has 0 saturated heterocycles. The second-order valence-electron chi connectivity index (χ2n) is 2.11. The average molecular weight is 119 g/mol. The van der Waals surface area contributed by atoms with E-state index < -0.39 is 0 Å². The fraction of sp³-hybridized carbons (Fsp3) is 0.143. The van der Waals surface area contributed by atoms with Gasteiger partial charge >= 0.3 is 0 Å². The highest BCUT2D eigenvalue weighted by Gasteiger charge is 2.10. The van der Waals surface area contributed by atoms with Crippen molar-refractivity contribution in [2.75, 3.05) is 0 Å². The molecule has 1 heterocycles. The van der Waals surface area contributed by atoms with Gasteiger partial charge in [0.25, 0.3) is 0 Å². The molecule has 0 aromatic heterocycles. The van der Waals surface area contributed by atoms with Crippen LogP contribution in [0.15, 0.2) is 35.7 Å². The van der Waals surface area contributed by atoms with Gasteiger partial charge in [0.15, 0.2) is 0 Å². The van der Waals surface area contributed by atoms with Crippen molar-refractivity contribution in [2.45, 2.75) is 6.42 Å². The normalized spacial score (nSPS) is 21.3. The molecule has 1 aliphatic carbocycles. The van der Waals surface area contributed by atoms with Crippen LogP contribution in [0.1, 0.15) is 6.42 Å². The molecule has 0 spiro atoms. The van der Waals surface area contributed by atoms with Gasteiger partial charge in [0.05, 0.1) is 11.9 Å². The zero-order valence-corrected chi connectivity index (χ0v) is 4.96. The van der Waals surface area contributed by atoms with Crippen molar-refractivity contribution < 1.29 is 0 Å². The first kappa shape index (κ1) is 4.68. The summed E-state index contributed by atoms with van der Waals surface area (Å²) >= 11 is 0. The Morgan fingerprint density at radius 1 is 1.56 bits per heavy atom. The van der Waals surface area contributed by atoms with E-state index in [2.05, 4.69) is 16.9 Å². The summed E-state index contributed by atoms with van der Waals surface area (Å²) in [4.78, 5) is 0. The van der Waals surface area contributed by atoms with Gasteiger partial charge in [0, 0.05) is 5.57 Å². The van der Waals surface area contributed by atoms with Crippen molar-refractivity contribution in [3.05, 3.63) is 35.7 Å². The lowest BCUT2D eigenvalue weighted by Crippen LogP contribution is -2.12. The van der Waals surface area contributed by atoms with Gasteiger partial charge in [-0.2, -0.15) is 5.43 Å². The Morgan fingerprint density at radius 2 is 2.56 bits per heavy atom. The van der Waals surface area contributed by atoms with Crippen molar-refractivity contribution in [1.82, 2.24) is 10.9 Å². The molecule has 9 heavy (non-hydrogen) atoms. The van der Waals surface area contributed by atoms with E-state index in [1.54, 1.807) is 0 Å². The van der Waals surface area contributed by atoms with Crippen LogP contribution in [0, 0.1) is 0 Å². The van der Waals surface area contributed by atoms with Crippen molar-refractivity contribution in [3.8, 4) is 0 Å². The first-order chi connectivity index (χ1) is 4.47. The molecule has 0 aromatic rings. The number of hydrogen-bond donors (Lipinski definition) is 1. The molecule has 0 bridgehead atoms. The second kappa shape index (κ2) is 1.65. The number of nitrogens with one attached hydrogen (secondary N) is 1. The van der Waals surface area contributed by atoms with Crippen LogP contribution in [-0.4, -0.2) is 0 Å². The summed E-state index contributed by atoms with van der Waals surface area (Å²) in [5.74, 6) is 0. The van der Waals surface area contributed by atoms with Crippen LogP contribution < -0.4 is 10.9 Å². The molecule has 0 fully saturated rings. The molecule has 1 radical (unpaired) electrons. The molecule has 1 N–H and O–H groups in total.